The maximum absolute atomic E-state index is 4.40. The van der Waals surface area contributed by atoms with Crippen LogP contribution in [-0.2, 0) is 19.4 Å². The summed E-state index contributed by atoms with van der Waals surface area (Å²) in [6.07, 6.45) is 6.49. The van der Waals surface area contributed by atoms with Crippen LogP contribution in [0.2, 0.25) is 0 Å². The molecule has 2 aromatic rings. The van der Waals surface area contributed by atoms with Crippen molar-refractivity contribution in [3.63, 3.8) is 0 Å². The van der Waals surface area contributed by atoms with Crippen LogP contribution in [0.4, 0.5) is 5.95 Å². The van der Waals surface area contributed by atoms with Crippen LogP contribution in [-0.4, -0.2) is 21.3 Å². The van der Waals surface area contributed by atoms with Crippen LogP contribution in [0.25, 0.3) is 10.7 Å². The second kappa shape index (κ2) is 5.95. The zero-order valence-electron chi connectivity index (χ0n) is 12.3. The molecule has 5 heteroatoms. The predicted molar refractivity (Wildman–Crippen MR) is 84.4 cm³/mol. The number of hydrogen-bond acceptors (Lipinski definition) is 4. The van der Waals surface area contributed by atoms with Crippen LogP contribution in [0.5, 0.6) is 0 Å². The lowest BCUT2D eigenvalue weighted by Crippen LogP contribution is -2.06. The van der Waals surface area contributed by atoms with E-state index in [4.69, 9.17) is 0 Å². The van der Waals surface area contributed by atoms with Gasteiger partial charge >= 0.3 is 0 Å². The Balaban J connectivity index is 1.96. The molecule has 1 N–H and O–H groups in total. The average Bonchev–Trinajstić information content (AvgIpc) is 2.97. The van der Waals surface area contributed by atoms with E-state index >= 15 is 0 Å². The molecule has 4 nitrogen and oxygen atoms in total. The minimum atomic E-state index is 0.874. The van der Waals surface area contributed by atoms with Crippen molar-refractivity contribution in [2.45, 2.75) is 52.5 Å². The van der Waals surface area contributed by atoms with Gasteiger partial charge < -0.3 is 5.32 Å². The van der Waals surface area contributed by atoms with E-state index in [1.807, 2.05) is 11.3 Å². The van der Waals surface area contributed by atoms with Gasteiger partial charge in [-0.05, 0) is 51.2 Å². The number of nitrogens with one attached hydrogen (secondary N) is 1. The van der Waals surface area contributed by atoms with Crippen molar-refractivity contribution in [1.82, 2.24) is 14.8 Å². The molecule has 0 radical (unpaired) electrons. The summed E-state index contributed by atoms with van der Waals surface area (Å²) >= 11 is 1.91. The number of rotatable bonds is 4. The van der Waals surface area contributed by atoms with E-state index in [0.29, 0.717) is 0 Å². The summed E-state index contributed by atoms with van der Waals surface area (Å²) in [6.45, 7) is 6.00. The molecule has 0 amide bonds. The van der Waals surface area contributed by atoms with Crippen molar-refractivity contribution in [2.24, 2.45) is 0 Å². The van der Waals surface area contributed by atoms with Gasteiger partial charge in [0.15, 0.2) is 5.82 Å². The Kier molecular flexibility index (Phi) is 4.05. The van der Waals surface area contributed by atoms with Crippen LogP contribution in [0, 0.1) is 0 Å². The summed E-state index contributed by atoms with van der Waals surface area (Å²) < 4.78 is 2.18. The molecular weight excluding hydrogens is 268 g/mol. The number of anilines is 1. The molecule has 0 spiro atoms. The van der Waals surface area contributed by atoms with Crippen LogP contribution in [0.3, 0.4) is 0 Å². The Hall–Kier alpha value is -1.36. The molecular formula is C15H22N4S. The first-order chi connectivity index (χ1) is 9.83. The standard InChI is InChI=1S/C15H22N4S/c1-3-16-15-18-17-14(19(15)4-2)13-10-11-8-6-5-7-9-12(11)20-13/h10H,3-9H2,1-2H3,(H,16,18). The third-order valence-corrected chi connectivity index (χ3v) is 5.10. The highest BCUT2D eigenvalue weighted by Crippen LogP contribution is 2.35. The highest BCUT2D eigenvalue weighted by Gasteiger charge is 2.18. The van der Waals surface area contributed by atoms with Crippen molar-refractivity contribution in [2.75, 3.05) is 11.9 Å². The average molecular weight is 290 g/mol. The topological polar surface area (TPSA) is 42.7 Å². The van der Waals surface area contributed by atoms with Crippen LogP contribution in [0.1, 0.15) is 43.6 Å². The molecule has 0 bridgehead atoms. The molecule has 3 rings (SSSR count). The molecule has 2 aromatic heterocycles. The maximum atomic E-state index is 4.40. The summed E-state index contributed by atoms with van der Waals surface area (Å²) in [4.78, 5) is 2.84. The van der Waals surface area contributed by atoms with Gasteiger partial charge in [0.2, 0.25) is 5.95 Å². The number of aryl methyl sites for hydroxylation is 2. The molecule has 0 saturated heterocycles. The van der Waals surface area contributed by atoms with Crippen molar-refractivity contribution in [3.05, 3.63) is 16.5 Å². The van der Waals surface area contributed by atoms with E-state index in [-0.39, 0.29) is 0 Å². The van der Waals surface area contributed by atoms with Gasteiger partial charge in [-0.15, -0.1) is 21.5 Å². The van der Waals surface area contributed by atoms with E-state index in [0.717, 1.165) is 24.9 Å². The largest absolute Gasteiger partial charge is 0.355 e. The van der Waals surface area contributed by atoms with Gasteiger partial charge in [0, 0.05) is 18.0 Å². The second-order valence-corrected chi connectivity index (χ2v) is 6.38. The normalized spacial score (nSPS) is 14.9. The zero-order chi connectivity index (χ0) is 13.9. The van der Waals surface area contributed by atoms with E-state index in [1.165, 1.54) is 42.5 Å². The number of hydrogen-bond donors (Lipinski definition) is 1. The third-order valence-electron chi connectivity index (χ3n) is 3.87. The van der Waals surface area contributed by atoms with E-state index in [1.54, 1.807) is 4.88 Å². The summed E-state index contributed by atoms with van der Waals surface area (Å²) in [5.74, 6) is 1.90. The highest BCUT2D eigenvalue weighted by atomic mass is 32.1. The second-order valence-electron chi connectivity index (χ2n) is 5.24. The molecule has 108 valence electrons. The van der Waals surface area contributed by atoms with Gasteiger partial charge in [-0.2, -0.15) is 0 Å². The van der Waals surface area contributed by atoms with Crippen molar-refractivity contribution in [1.29, 1.82) is 0 Å². The summed E-state index contributed by atoms with van der Waals surface area (Å²) in [5, 5.41) is 12.0. The molecule has 0 unspecified atom stereocenters. The van der Waals surface area contributed by atoms with E-state index in [9.17, 15) is 0 Å². The number of nitrogens with zero attached hydrogens (tertiary/aromatic N) is 3. The summed E-state index contributed by atoms with van der Waals surface area (Å²) in [6, 6.07) is 2.34. The Labute approximate surface area is 124 Å². The van der Waals surface area contributed by atoms with Crippen molar-refractivity contribution >= 4 is 17.3 Å². The molecule has 0 aromatic carbocycles. The van der Waals surface area contributed by atoms with Gasteiger partial charge in [-0.25, -0.2) is 0 Å². The lowest BCUT2D eigenvalue weighted by atomic mass is 10.1. The zero-order valence-corrected chi connectivity index (χ0v) is 13.1. The third kappa shape index (κ3) is 2.46. The van der Waals surface area contributed by atoms with Crippen LogP contribution >= 0.6 is 11.3 Å². The molecule has 0 fully saturated rings. The summed E-state index contributed by atoms with van der Waals surface area (Å²) in [5.41, 5.74) is 1.54. The lowest BCUT2D eigenvalue weighted by Gasteiger charge is -2.06. The predicted octanol–water partition coefficient (Wildman–Crippen LogP) is 3.73. The summed E-state index contributed by atoms with van der Waals surface area (Å²) in [7, 11) is 0. The number of thiophene rings is 1. The molecule has 0 saturated carbocycles. The molecule has 1 aliphatic carbocycles. The van der Waals surface area contributed by atoms with Gasteiger partial charge in [-0.3, -0.25) is 4.57 Å². The fourth-order valence-corrected chi connectivity index (χ4v) is 4.10. The van der Waals surface area contributed by atoms with E-state index in [2.05, 4.69) is 40.0 Å². The van der Waals surface area contributed by atoms with Crippen molar-refractivity contribution in [3.8, 4) is 10.7 Å². The van der Waals surface area contributed by atoms with Crippen LogP contribution in [0.15, 0.2) is 6.07 Å². The molecule has 0 atom stereocenters. The Morgan fingerprint density at radius 1 is 1.20 bits per heavy atom. The number of fused-ring (bicyclic) bond motifs is 1. The monoisotopic (exact) mass is 290 g/mol. The fourth-order valence-electron chi connectivity index (χ4n) is 2.85. The first-order valence-corrected chi connectivity index (χ1v) is 8.44. The quantitative estimate of drug-likeness (QED) is 0.873. The smallest absolute Gasteiger partial charge is 0.224 e. The Bertz CT molecular complexity index is 561. The van der Waals surface area contributed by atoms with Gasteiger partial charge in [0.25, 0.3) is 0 Å². The first kappa shape index (κ1) is 13.6. The Morgan fingerprint density at radius 2 is 2.05 bits per heavy atom. The molecule has 2 heterocycles. The minimum absolute atomic E-state index is 0.874. The van der Waals surface area contributed by atoms with Gasteiger partial charge in [0.05, 0.1) is 4.88 Å². The molecule has 1 aliphatic rings. The highest BCUT2D eigenvalue weighted by molar-refractivity contribution is 7.15. The first-order valence-electron chi connectivity index (χ1n) is 7.62. The van der Waals surface area contributed by atoms with Crippen molar-refractivity contribution < 1.29 is 0 Å². The Morgan fingerprint density at radius 3 is 2.85 bits per heavy atom. The fraction of sp³-hybridized carbons (Fsp3) is 0.600. The SMILES string of the molecule is CCNc1nnc(-c2cc3c(s2)CCCCC3)n1CC. The minimum Gasteiger partial charge on any atom is -0.355 e. The lowest BCUT2D eigenvalue weighted by molar-refractivity contribution is 0.712. The maximum Gasteiger partial charge on any atom is 0.224 e. The number of aromatic nitrogens is 3. The van der Waals surface area contributed by atoms with Gasteiger partial charge in [-0.1, -0.05) is 6.42 Å². The molecule has 20 heavy (non-hydrogen) atoms. The van der Waals surface area contributed by atoms with Crippen LogP contribution < -0.4 is 5.32 Å². The van der Waals surface area contributed by atoms with Gasteiger partial charge in [0.1, 0.15) is 0 Å². The van der Waals surface area contributed by atoms with E-state index < -0.39 is 0 Å². The molecule has 0 aliphatic heterocycles.